The van der Waals surface area contributed by atoms with Crippen LogP contribution in [0.1, 0.15) is 49.9 Å². The van der Waals surface area contributed by atoms with E-state index in [-0.39, 0.29) is 36.0 Å². The van der Waals surface area contributed by atoms with E-state index in [2.05, 4.69) is 24.0 Å². The molecule has 6 nitrogen and oxygen atoms in total. The average molecular weight is 372 g/mol. The number of hydrogen-bond acceptors (Lipinski definition) is 5. The SMILES string of the molecule is CCCN1[C@H](C(=O)OC)[C@@H](CO)[C@@H]2Cn3c(ccc(C4=CCCC4)c3=O)[C@@H]21. The van der Waals surface area contributed by atoms with Crippen LogP contribution >= 0.6 is 0 Å². The summed E-state index contributed by atoms with van der Waals surface area (Å²) in [5, 5.41) is 10.1. The third kappa shape index (κ3) is 2.77. The minimum atomic E-state index is -0.448. The van der Waals surface area contributed by atoms with Crippen molar-refractivity contribution in [3.63, 3.8) is 0 Å². The van der Waals surface area contributed by atoms with Crippen molar-refractivity contribution in [3.05, 3.63) is 39.8 Å². The summed E-state index contributed by atoms with van der Waals surface area (Å²) in [4.78, 5) is 27.8. The smallest absolute Gasteiger partial charge is 0.323 e. The van der Waals surface area contributed by atoms with Crippen molar-refractivity contribution in [2.45, 2.75) is 51.2 Å². The zero-order chi connectivity index (χ0) is 19.1. The quantitative estimate of drug-likeness (QED) is 0.800. The molecule has 0 unspecified atom stereocenters. The summed E-state index contributed by atoms with van der Waals surface area (Å²) >= 11 is 0. The third-order valence-corrected chi connectivity index (χ3v) is 6.50. The Morgan fingerprint density at radius 3 is 2.81 bits per heavy atom. The van der Waals surface area contributed by atoms with Crippen LogP contribution in [0, 0.1) is 11.8 Å². The minimum Gasteiger partial charge on any atom is -0.468 e. The molecule has 0 amide bonds. The van der Waals surface area contributed by atoms with Crippen LogP contribution in [0.2, 0.25) is 0 Å². The molecule has 27 heavy (non-hydrogen) atoms. The van der Waals surface area contributed by atoms with Gasteiger partial charge in [0.1, 0.15) is 6.04 Å². The van der Waals surface area contributed by atoms with Gasteiger partial charge in [0, 0.05) is 36.2 Å². The number of aliphatic hydroxyl groups excluding tert-OH is 1. The Labute approximate surface area is 159 Å². The number of aromatic nitrogens is 1. The fourth-order valence-electron chi connectivity index (χ4n) is 5.37. The molecule has 1 aliphatic carbocycles. The number of nitrogens with zero attached hydrogens (tertiary/aromatic N) is 2. The van der Waals surface area contributed by atoms with Gasteiger partial charge in [-0.3, -0.25) is 14.5 Å². The summed E-state index contributed by atoms with van der Waals surface area (Å²) in [6.07, 6.45) is 6.18. The first-order valence-electron chi connectivity index (χ1n) is 10.00. The summed E-state index contributed by atoms with van der Waals surface area (Å²) < 4.78 is 6.92. The second kappa shape index (κ2) is 7.24. The Bertz CT molecular complexity index is 828. The van der Waals surface area contributed by atoms with Crippen molar-refractivity contribution >= 4 is 11.5 Å². The second-order valence-electron chi connectivity index (χ2n) is 7.87. The number of pyridine rings is 1. The van der Waals surface area contributed by atoms with Crippen molar-refractivity contribution < 1.29 is 14.6 Å². The van der Waals surface area contributed by atoms with E-state index < -0.39 is 6.04 Å². The molecular weight excluding hydrogens is 344 g/mol. The van der Waals surface area contributed by atoms with Gasteiger partial charge in [0.25, 0.3) is 5.56 Å². The number of ether oxygens (including phenoxy) is 1. The van der Waals surface area contributed by atoms with Crippen LogP contribution in [0.15, 0.2) is 23.0 Å². The Hall–Kier alpha value is -1.92. The first-order chi connectivity index (χ1) is 13.1. The molecule has 0 radical (unpaired) electrons. The molecule has 3 heterocycles. The molecule has 1 aromatic rings. The summed E-state index contributed by atoms with van der Waals surface area (Å²) in [5.41, 5.74) is 3.00. The van der Waals surface area contributed by atoms with Gasteiger partial charge in [-0.2, -0.15) is 0 Å². The highest BCUT2D eigenvalue weighted by atomic mass is 16.5. The lowest BCUT2D eigenvalue weighted by atomic mass is 9.88. The van der Waals surface area contributed by atoms with Crippen molar-refractivity contribution in [2.75, 3.05) is 20.3 Å². The molecule has 0 saturated carbocycles. The molecule has 0 bridgehead atoms. The van der Waals surface area contributed by atoms with Gasteiger partial charge in [0.15, 0.2) is 0 Å². The highest BCUT2D eigenvalue weighted by Crippen LogP contribution is 2.49. The Morgan fingerprint density at radius 2 is 2.19 bits per heavy atom. The van der Waals surface area contributed by atoms with Crippen LogP contribution in [-0.2, 0) is 16.1 Å². The first-order valence-corrected chi connectivity index (χ1v) is 10.00. The molecule has 1 N–H and O–H groups in total. The molecule has 0 spiro atoms. The highest BCUT2D eigenvalue weighted by molar-refractivity contribution is 5.77. The molecule has 3 aliphatic rings. The second-order valence-corrected chi connectivity index (χ2v) is 7.87. The van der Waals surface area contributed by atoms with Gasteiger partial charge < -0.3 is 14.4 Å². The maximum Gasteiger partial charge on any atom is 0.323 e. The monoisotopic (exact) mass is 372 g/mol. The predicted octanol–water partition coefficient (Wildman–Crippen LogP) is 1.96. The number of aliphatic hydroxyl groups is 1. The molecule has 1 saturated heterocycles. The number of carbonyl (C=O) groups is 1. The summed E-state index contributed by atoms with van der Waals surface area (Å²) in [6, 6.07) is 3.54. The van der Waals surface area contributed by atoms with Crippen LogP contribution < -0.4 is 5.56 Å². The maximum atomic E-state index is 13.2. The van der Waals surface area contributed by atoms with Gasteiger partial charge in [-0.25, -0.2) is 0 Å². The van der Waals surface area contributed by atoms with Gasteiger partial charge >= 0.3 is 5.97 Å². The number of hydrogen-bond donors (Lipinski definition) is 1. The fraction of sp³-hybridized carbons (Fsp3) is 0.619. The van der Waals surface area contributed by atoms with Gasteiger partial charge in [-0.1, -0.05) is 13.0 Å². The number of carbonyl (C=O) groups excluding carboxylic acids is 1. The lowest BCUT2D eigenvalue weighted by molar-refractivity contribution is -0.148. The molecular formula is C21H28N2O4. The van der Waals surface area contributed by atoms with E-state index in [0.29, 0.717) is 6.54 Å². The summed E-state index contributed by atoms with van der Waals surface area (Å²) in [7, 11) is 1.40. The van der Waals surface area contributed by atoms with E-state index in [1.54, 1.807) is 0 Å². The lowest BCUT2D eigenvalue weighted by Gasteiger charge is -2.29. The zero-order valence-electron chi connectivity index (χ0n) is 16.1. The van der Waals surface area contributed by atoms with E-state index in [4.69, 9.17) is 4.74 Å². The van der Waals surface area contributed by atoms with Gasteiger partial charge in [-0.05, 0) is 49.9 Å². The molecule has 4 atom stereocenters. The van der Waals surface area contributed by atoms with Crippen LogP contribution in [0.4, 0.5) is 0 Å². The molecule has 2 aliphatic heterocycles. The number of allylic oxidation sites excluding steroid dienone is 2. The molecule has 1 aromatic heterocycles. The zero-order valence-corrected chi connectivity index (χ0v) is 16.1. The van der Waals surface area contributed by atoms with Crippen LogP contribution in [-0.4, -0.2) is 46.8 Å². The maximum absolute atomic E-state index is 13.2. The first kappa shape index (κ1) is 18.4. The van der Waals surface area contributed by atoms with Crippen molar-refractivity contribution in [1.82, 2.24) is 9.47 Å². The molecule has 6 heteroatoms. The standard InChI is InChI=1S/C21H28N2O4/c1-3-10-22-18-15(16(12-24)19(22)21(26)27-2)11-23-17(18)9-8-14(20(23)25)13-6-4-5-7-13/h6,8-9,15-16,18-19,24H,3-5,7,10-12H2,1-2H3/t15-,16-,18+,19-/m0/s1. The predicted molar refractivity (Wildman–Crippen MR) is 102 cm³/mol. The average Bonchev–Trinajstić information content (AvgIpc) is 3.38. The molecule has 0 aromatic carbocycles. The molecule has 4 rings (SSSR count). The molecule has 1 fully saturated rings. The molecule has 146 valence electrons. The highest BCUT2D eigenvalue weighted by Gasteiger charge is 2.55. The van der Waals surface area contributed by atoms with E-state index >= 15 is 0 Å². The summed E-state index contributed by atoms with van der Waals surface area (Å²) in [5.74, 6) is -0.466. The number of esters is 1. The van der Waals surface area contributed by atoms with Crippen LogP contribution in [0.5, 0.6) is 0 Å². The van der Waals surface area contributed by atoms with Gasteiger partial charge in [-0.15, -0.1) is 0 Å². The van der Waals surface area contributed by atoms with Crippen molar-refractivity contribution in [2.24, 2.45) is 11.8 Å². The van der Waals surface area contributed by atoms with Crippen LogP contribution in [0.3, 0.4) is 0 Å². The van der Waals surface area contributed by atoms with Gasteiger partial charge in [0.2, 0.25) is 0 Å². The number of rotatable bonds is 5. The van der Waals surface area contributed by atoms with E-state index in [9.17, 15) is 14.7 Å². The van der Waals surface area contributed by atoms with E-state index in [1.165, 1.54) is 7.11 Å². The topological polar surface area (TPSA) is 71.8 Å². The Morgan fingerprint density at radius 1 is 1.37 bits per heavy atom. The van der Waals surface area contributed by atoms with Crippen molar-refractivity contribution in [3.8, 4) is 0 Å². The van der Waals surface area contributed by atoms with Crippen molar-refractivity contribution in [1.29, 1.82) is 0 Å². The number of likely N-dealkylation sites (tertiary alicyclic amines) is 1. The number of methoxy groups -OCH3 is 1. The summed E-state index contributed by atoms with van der Waals surface area (Å²) in [6.45, 7) is 3.28. The fourth-order valence-corrected chi connectivity index (χ4v) is 5.37. The minimum absolute atomic E-state index is 0.0227. The largest absolute Gasteiger partial charge is 0.468 e. The lowest BCUT2D eigenvalue weighted by Crippen LogP contribution is -2.43. The number of fused-ring (bicyclic) bond motifs is 3. The van der Waals surface area contributed by atoms with Crippen LogP contribution in [0.25, 0.3) is 5.57 Å². The van der Waals surface area contributed by atoms with E-state index in [0.717, 1.165) is 49.1 Å². The third-order valence-electron chi connectivity index (χ3n) is 6.50. The Kier molecular flexibility index (Phi) is 4.95. The normalized spacial score (nSPS) is 29.5. The van der Waals surface area contributed by atoms with E-state index in [1.807, 2.05) is 10.6 Å². The Balaban J connectivity index is 1.77. The van der Waals surface area contributed by atoms with Gasteiger partial charge in [0.05, 0.1) is 13.2 Å².